The average Bonchev–Trinajstić information content (AvgIpc) is 1.98. The first-order valence-corrected chi connectivity index (χ1v) is 4.22. The van der Waals surface area contributed by atoms with E-state index in [4.69, 9.17) is 11.6 Å². The Morgan fingerprint density at radius 3 is 2.08 bits per heavy atom. The zero-order valence-corrected chi connectivity index (χ0v) is 7.56. The molecule has 6 heteroatoms. The molecular formula is C7H2ClF3OS. The molecule has 0 saturated heterocycles. The summed E-state index contributed by atoms with van der Waals surface area (Å²) in [5.74, 6) is -4.26. The van der Waals surface area contributed by atoms with Gasteiger partial charge in [0.25, 0.3) is 4.57 Å². The minimum absolute atomic E-state index is 0.0728. The van der Waals surface area contributed by atoms with Gasteiger partial charge in [-0.25, -0.2) is 13.2 Å². The molecule has 0 bridgehead atoms. The largest absolute Gasteiger partial charge is 0.284 e. The number of rotatable bonds is 1. The molecule has 13 heavy (non-hydrogen) atoms. The van der Waals surface area contributed by atoms with E-state index < -0.39 is 22.0 Å². The molecule has 0 aliphatic rings. The summed E-state index contributed by atoms with van der Waals surface area (Å²) in [6.07, 6.45) is 0. The van der Waals surface area contributed by atoms with Crippen LogP contribution in [0, 0.1) is 17.5 Å². The Bertz CT molecular complexity index is 333. The van der Waals surface area contributed by atoms with Crippen molar-refractivity contribution in [3.8, 4) is 0 Å². The van der Waals surface area contributed by atoms with Gasteiger partial charge in [0.05, 0.1) is 0 Å². The number of benzene rings is 1. The molecule has 0 radical (unpaired) electrons. The van der Waals surface area contributed by atoms with E-state index in [0.717, 1.165) is 0 Å². The first-order chi connectivity index (χ1) is 6.00. The lowest BCUT2D eigenvalue weighted by molar-refractivity contribution is 0.276. The first kappa shape index (κ1) is 10.4. The van der Waals surface area contributed by atoms with Gasteiger partial charge in [-0.3, -0.25) is 4.79 Å². The fourth-order valence-electron chi connectivity index (χ4n) is 0.684. The van der Waals surface area contributed by atoms with Crippen LogP contribution in [-0.4, -0.2) is 4.57 Å². The number of thioether (sulfide) groups is 1. The van der Waals surface area contributed by atoms with Gasteiger partial charge in [-0.15, -0.1) is 0 Å². The van der Waals surface area contributed by atoms with Gasteiger partial charge in [-0.1, -0.05) is 0 Å². The lowest BCUT2D eigenvalue weighted by Gasteiger charge is -1.98. The third kappa shape index (κ3) is 2.63. The van der Waals surface area contributed by atoms with Gasteiger partial charge in [0, 0.05) is 4.90 Å². The fourth-order valence-corrected chi connectivity index (χ4v) is 1.46. The monoisotopic (exact) mass is 226 g/mol. The van der Waals surface area contributed by atoms with Gasteiger partial charge in [-0.05, 0) is 35.5 Å². The molecule has 0 aromatic heterocycles. The normalized spacial score (nSPS) is 10.2. The third-order valence-corrected chi connectivity index (χ3v) is 2.02. The molecule has 1 rings (SSSR count). The second-order valence-corrected chi connectivity index (χ2v) is 3.65. The van der Waals surface area contributed by atoms with Crippen molar-refractivity contribution in [2.45, 2.75) is 4.90 Å². The van der Waals surface area contributed by atoms with Crippen LogP contribution in [-0.2, 0) is 0 Å². The zero-order valence-electron chi connectivity index (χ0n) is 5.98. The van der Waals surface area contributed by atoms with E-state index in [-0.39, 0.29) is 4.90 Å². The predicted octanol–water partition coefficient (Wildman–Crippen LogP) is 3.55. The quantitative estimate of drug-likeness (QED) is 0.414. The molecule has 1 nitrogen and oxygen atoms in total. The highest BCUT2D eigenvalue weighted by molar-refractivity contribution is 8.16. The van der Waals surface area contributed by atoms with Crippen molar-refractivity contribution in [1.82, 2.24) is 0 Å². The van der Waals surface area contributed by atoms with E-state index in [1.165, 1.54) is 0 Å². The van der Waals surface area contributed by atoms with Gasteiger partial charge in [-0.2, -0.15) is 0 Å². The lowest BCUT2D eigenvalue weighted by atomic mass is 10.3. The summed E-state index contributed by atoms with van der Waals surface area (Å²) >= 11 is 5.36. The Kier molecular flexibility index (Phi) is 3.22. The molecule has 0 aliphatic heterocycles. The first-order valence-electron chi connectivity index (χ1n) is 3.02. The Hall–Kier alpha value is -0.680. The number of carbonyl (C=O) groups excluding carboxylic acids is 1. The van der Waals surface area contributed by atoms with Crippen LogP contribution in [0.3, 0.4) is 0 Å². The number of halogens is 4. The molecule has 0 aliphatic carbocycles. The molecule has 0 atom stereocenters. The maximum Gasteiger partial charge on any atom is 0.284 e. The van der Waals surface area contributed by atoms with Crippen LogP contribution < -0.4 is 0 Å². The van der Waals surface area contributed by atoms with Crippen LogP contribution >= 0.6 is 23.4 Å². The van der Waals surface area contributed by atoms with Gasteiger partial charge < -0.3 is 0 Å². The van der Waals surface area contributed by atoms with Crippen LogP contribution in [0.15, 0.2) is 17.0 Å². The third-order valence-electron chi connectivity index (χ3n) is 1.16. The lowest BCUT2D eigenvalue weighted by Crippen LogP contribution is -1.91. The molecular weight excluding hydrogens is 225 g/mol. The van der Waals surface area contributed by atoms with E-state index in [9.17, 15) is 18.0 Å². The Morgan fingerprint density at radius 1 is 1.23 bits per heavy atom. The fraction of sp³-hybridized carbons (Fsp3) is 0. The summed E-state index contributed by atoms with van der Waals surface area (Å²) in [6, 6.07) is 1.40. The summed E-state index contributed by atoms with van der Waals surface area (Å²) in [7, 11) is 0. The number of carbonyl (C=O) groups is 1. The molecule has 0 spiro atoms. The smallest absolute Gasteiger partial charge is 0.268 e. The minimum atomic E-state index is -1.56. The SMILES string of the molecule is O=C(Cl)Sc1cc(F)c(F)c(F)c1. The van der Waals surface area contributed by atoms with Crippen molar-refractivity contribution in [2.75, 3.05) is 0 Å². The molecule has 0 amide bonds. The van der Waals surface area contributed by atoms with E-state index in [1.54, 1.807) is 0 Å². The molecule has 70 valence electrons. The van der Waals surface area contributed by atoms with E-state index >= 15 is 0 Å². The molecule has 0 heterocycles. The Morgan fingerprint density at radius 2 is 1.69 bits per heavy atom. The maximum atomic E-state index is 12.5. The summed E-state index contributed by atoms with van der Waals surface area (Å²) in [5.41, 5.74) is 0. The average molecular weight is 227 g/mol. The second kappa shape index (κ2) is 4.02. The van der Waals surface area contributed by atoms with Crippen LogP contribution in [0.4, 0.5) is 18.0 Å². The number of hydrogen-bond acceptors (Lipinski definition) is 2. The highest BCUT2D eigenvalue weighted by atomic mass is 35.5. The summed E-state index contributed by atoms with van der Waals surface area (Å²) in [4.78, 5) is 10.2. The topological polar surface area (TPSA) is 17.1 Å². The standard InChI is InChI=1S/C7H2ClF3OS/c8-7(12)13-3-1-4(9)6(11)5(10)2-3/h1-2H. The van der Waals surface area contributed by atoms with Crippen molar-refractivity contribution in [3.63, 3.8) is 0 Å². The van der Waals surface area contributed by atoms with Crippen LogP contribution in [0.25, 0.3) is 0 Å². The van der Waals surface area contributed by atoms with Crippen molar-refractivity contribution in [2.24, 2.45) is 0 Å². The van der Waals surface area contributed by atoms with Crippen molar-refractivity contribution >= 4 is 27.9 Å². The summed E-state index contributed by atoms with van der Waals surface area (Å²) in [6.45, 7) is 0. The minimum Gasteiger partial charge on any atom is -0.268 e. The maximum absolute atomic E-state index is 12.5. The van der Waals surface area contributed by atoms with Gasteiger partial charge in [0.15, 0.2) is 17.5 Å². The molecule has 0 unspecified atom stereocenters. The molecule has 0 saturated carbocycles. The Balaban J connectivity index is 3.06. The van der Waals surface area contributed by atoms with Crippen LogP contribution in [0.5, 0.6) is 0 Å². The van der Waals surface area contributed by atoms with E-state index in [0.29, 0.717) is 23.9 Å². The highest BCUT2D eigenvalue weighted by Gasteiger charge is 2.12. The van der Waals surface area contributed by atoms with Crippen molar-refractivity contribution in [3.05, 3.63) is 29.6 Å². The summed E-state index contributed by atoms with van der Waals surface area (Å²) < 4.78 is 36.5. The van der Waals surface area contributed by atoms with Crippen LogP contribution in [0.1, 0.15) is 0 Å². The second-order valence-electron chi connectivity index (χ2n) is 2.04. The van der Waals surface area contributed by atoms with E-state index in [1.807, 2.05) is 0 Å². The van der Waals surface area contributed by atoms with Crippen molar-refractivity contribution < 1.29 is 18.0 Å². The highest BCUT2D eigenvalue weighted by Crippen LogP contribution is 2.24. The van der Waals surface area contributed by atoms with Gasteiger partial charge in [0.1, 0.15) is 0 Å². The molecule has 1 aromatic rings. The predicted molar refractivity (Wildman–Crippen MR) is 43.4 cm³/mol. The molecule has 0 fully saturated rings. The zero-order chi connectivity index (χ0) is 10.0. The van der Waals surface area contributed by atoms with Crippen molar-refractivity contribution in [1.29, 1.82) is 0 Å². The molecule has 0 N–H and O–H groups in total. The number of hydrogen-bond donors (Lipinski definition) is 0. The van der Waals surface area contributed by atoms with Gasteiger partial charge >= 0.3 is 0 Å². The van der Waals surface area contributed by atoms with Crippen LogP contribution in [0.2, 0.25) is 0 Å². The van der Waals surface area contributed by atoms with E-state index in [2.05, 4.69) is 0 Å². The summed E-state index contributed by atoms with van der Waals surface area (Å²) in [5, 5.41) is 0. The van der Waals surface area contributed by atoms with Gasteiger partial charge in [0.2, 0.25) is 0 Å². The Labute approximate surface area is 80.9 Å². The molecule has 1 aromatic carbocycles.